The van der Waals surface area contributed by atoms with Crippen LogP contribution in [0.5, 0.6) is 0 Å². The van der Waals surface area contributed by atoms with Crippen LogP contribution in [0.4, 0.5) is 4.39 Å². The van der Waals surface area contributed by atoms with Crippen LogP contribution >= 0.6 is 15.9 Å². The zero-order chi connectivity index (χ0) is 12.8. The summed E-state index contributed by atoms with van der Waals surface area (Å²) >= 11 is 3.32. The van der Waals surface area contributed by atoms with Crippen molar-refractivity contribution in [3.63, 3.8) is 0 Å². The van der Waals surface area contributed by atoms with Gasteiger partial charge in [0.05, 0.1) is 0 Å². The highest BCUT2D eigenvalue weighted by Gasteiger charge is 2.16. The fourth-order valence-corrected chi connectivity index (χ4v) is 2.07. The second kappa shape index (κ2) is 7.06. The first-order valence-corrected chi connectivity index (χ1v) is 6.39. The summed E-state index contributed by atoms with van der Waals surface area (Å²) in [6.07, 6.45) is 0.617. The zero-order valence-electron chi connectivity index (χ0n) is 9.79. The van der Waals surface area contributed by atoms with Gasteiger partial charge in [0.2, 0.25) is 0 Å². The van der Waals surface area contributed by atoms with E-state index in [1.165, 1.54) is 6.07 Å². The molecule has 0 aliphatic rings. The van der Waals surface area contributed by atoms with Gasteiger partial charge in [-0.05, 0) is 31.5 Å². The molecule has 17 heavy (non-hydrogen) atoms. The largest absolute Gasteiger partial charge is 0.396 e. The minimum Gasteiger partial charge on any atom is -0.396 e. The Bertz CT molecular complexity index is 362. The molecule has 1 rings (SSSR count). The van der Waals surface area contributed by atoms with E-state index >= 15 is 0 Å². The molecular formula is C12H18BrFN2O. The smallest absolute Gasteiger partial charge is 0.128 e. The number of halogens is 2. The van der Waals surface area contributed by atoms with E-state index in [-0.39, 0.29) is 24.5 Å². The first kappa shape index (κ1) is 14.6. The lowest BCUT2D eigenvalue weighted by Gasteiger charge is -2.22. The van der Waals surface area contributed by atoms with E-state index in [1.54, 1.807) is 12.1 Å². The van der Waals surface area contributed by atoms with Gasteiger partial charge in [-0.1, -0.05) is 15.9 Å². The lowest BCUT2D eigenvalue weighted by Crippen LogP contribution is -2.36. The van der Waals surface area contributed by atoms with Gasteiger partial charge in [-0.25, -0.2) is 4.39 Å². The molecule has 0 radical (unpaired) electrons. The molecule has 0 bridgehead atoms. The first-order valence-electron chi connectivity index (χ1n) is 5.60. The quantitative estimate of drug-likeness (QED) is 0.753. The number of nitrogens with one attached hydrogen (secondary N) is 1. The highest BCUT2D eigenvalue weighted by molar-refractivity contribution is 9.10. The summed E-state index contributed by atoms with van der Waals surface area (Å²) in [7, 11) is 0. The summed E-state index contributed by atoms with van der Waals surface area (Å²) < 4.78 is 14.5. The molecule has 5 heteroatoms. The Kier molecular flexibility index (Phi) is 6.05. The Hall–Kier alpha value is -0.490. The number of hydrogen-bond donors (Lipinski definition) is 3. The number of nitrogens with two attached hydrogens (primary N) is 1. The average Bonchev–Trinajstić information content (AvgIpc) is 2.30. The molecule has 1 aromatic carbocycles. The third-order valence-corrected chi connectivity index (χ3v) is 3.11. The third kappa shape index (κ3) is 4.35. The maximum atomic E-state index is 13.7. The Labute approximate surface area is 109 Å². The van der Waals surface area contributed by atoms with Crippen LogP contribution in [0.1, 0.15) is 24.9 Å². The Morgan fingerprint density at radius 1 is 1.53 bits per heavy atom. The summed E-state index contributed by atoms with van der Waals surface area (Å²) in [6.45, 7) is 2.35. The van der Waals surface area contributed by atoms with E-state index < -0.39 is 0 Å². The van der Waals surface area contributed by atoms with E-state index in [0.717, 1.165) is 4.47 Å². The summed E-state index contributed by atoms with van der Waals surface area (Å²) in [6, 6.07) is 4.65. The molecule has 0 aliphatic heterocycles. The Balaban J connectivity index is 2.82. The van der Waals surface area contributed by atoms with Crippen LogP contribution < -0.4 is 11.1 Å². The van der Waals surface area contributed by atoms with Crippen molar-refractivity contribution in [3.05, 3.63) is 34.1 Å². The van der Waals surface area contributed by atoms with Crippen LogP contribution in [0.2, 0.25) is 0 Å². The normalized spacial score (nSPS) is 14.6. The van der Waals surface area contributed by atoms with E-state index in [0.29, 0.717) is 18.5 Å². The van der Waals surface area contributed by atoms with Crippen LogP contribution in [0.3, 0.4) is 0 Å². The molecular weight excluding hydrogens is 287 g/mol. The Morgan fingerprint density at radius 3 is 2.82 bits per heavy atom. The first-order chi connectivity index (χ1) is 8.08. The lowest BCUT2D eigenvalue weighted by atomic mass is 10.0. The van der Waals surface area contributed by atoms with Gasteiger partial charge in [0, 0.05) is 35.3 Å². The second-order valence-electron chi connectivity index (χ2n) is 4.03. The monoisotopic (exact) mass is 304 g/mol. The van der Waals surface area contributed by atoms with Crippen molar-refractivity contribution in [2.75, 3.05) is 13.2 Å². The topological polar surface area (TPSA) is 58.3 Å². The standard InChI is InChI=1S/C12H18BrFN2O/c1-8(4-5-17)16-12(7-15)10-6-9(13)2-3-11(10)14/h2-3,6,8,12,16-17H,4-5,7,15H2,1H3. The van der Waals surface area contributed by atoms with Crippen LogP contribution in [0, 0.1) is 5.82 Å². The molecule has 3 nitrogen and oxygen atoms in total. The maximum Gasteiger partial charge on any atom is 0.128 e. The van der Waals surface area contributed by atoms with E-state index in [1.807, 2.05) is 6.92 Å². The fraction of sp³-hybridized carbons (Fsp3) is 0.500. The average molecular weight is 305 g/mol. The van der Waals surface area contributed by atoms with Crippen molar-refractivity contribution in [2.24, 2.45) is 5.73 Å². The van der Waals surface area contributed by atoms with Crippen LogP contribution in [0.25, 0.3) is 0 Å². The predicted molar refractivity (Wildman–Crippen MR) is 70.2 cm³/mol. The minimum absolute atomic E-state index is 0.0898. The van der Waals surface area contributed by atoms with Crippen LogP contribution in [-0.2, 0) is 0 Å². The lowest BCUT2D eigenvalue weighted by molar-refractivity contribution is 0.263. The van der Waals surface area contributed by atoms with Crippen molar-refractivity contribution in [3.8, 4) is 0 Å². The molecule has 0 aromatic heterocycles. The molecule has 0 heterocycles. The van der Waals surface area contributed by atoms with Gasteiger partial charge in [0.25, 0.3) is 0 Å². The number of rotatable bonds is 6. The van der Waals surface area contributed by atoms with Gasteiger partial charge in [-0.2, -0.15) is 0 Å². The molecule has 2 unspecified atom stereocenters. The van der Waals surface area contributed by atoms with Gasteiger partial charge in [0.1, 0.15) is 5.82 Å². The Morgan fingerprint density at radius 2 is 2.24 bits per heavy atom. The van der Waals surface area contributed by atoms with Crippen molar-refractivity contribution < 1.29 is 9.50 Å². The van der Waals surface area contributed by atoms with Crippen molar-refractivity contribution in [2.45, 2.75) is 25.4 Å². The van der Waals surface area contributed by atoms with Crippen molar-refractivity contribution in [1.82, 2.24) is 5.32 Å². The predicted octanol–water partition coefficient (Wildman–Crippen LogP) is 1.95. The van der Waals surface area contributed by atoms with Crippen molar-refractivity contribution in [1.29, 1.82) is 0 Å². The zero-order valence-corrected chi connectivity index (χ0v) is 11.4. The number of benzene rings is 1. The summed E-state index contributed by atoms with van der Waals surface area (Å²) in [5, 5.41) is 12.0. The second-order valence-corrected chi connectivity index (χ2v) is 4.95. The number of aliphatic hydroxyl groups excluding tert-OH is 1. The van der Waals surface area contributed by atoms with Gasteiger partial charge in [-0.15, -0.1) is 0 Å². The minimum atomic E-state index is -0.271. The molecule has 2 atom stereocenters. The SMILES string of the molecule is CC(CCO)NC(CN)c1cc(Br)ccc1F. The van der Waals surface area contributed by atoms with Gasteiger partial charge in [-0.3, -0.25) is 0 Å². The molecule has 4 N–H and O–H groups in total. The molecule has 0 fully saturated rings. The van der Waals surface area contributed by atoms with Crippen molar-refractivity contribution >= 4 is 15.9 Å². The third-order valence-electron chi connectivity index (χ3n) is 2.62. The fourth-order valence-electron chi connectivity index (χ4n) is 1.69. The summed E-state index contributed by atoms with van der Waals surface area (Å²) in [4.78, 5) is 0. The summed E-state index contributed by atoms with van der Waals surface area (Å²) in [5.74, 6) is -0.271. The van der Waals surface area contributed by atoms with E-state index in [4.69, 9.17) is 10.8 Å². The van der Waals surface area contributed by atoms with E-state index in [2.05, 4.69) is 21.2 Å². The molecule has 0 saturated heterocycles. The molecule has 96 valence electrons. The molecule has 0 aliphatic carbocycles. The maximum absolute atomic E-state index is 13.7. The van der Waals surface area contributed by atoms with Crippen LogP contribution in [0.15, 0.2) is 22.7 Å². The molecule has 1 aromatic rings. The van der Waals surface area contributed by atoms with Gasteiger partial charge in [0.15, 0.2) is 0 Å². The van der Waals surface area contributed by atoms with Gasteiger partial charge < -0.3 is 16.2 Å². The summed E-state index contributed by atoms with van der Waals surface area (Å²) in [5.41, 5.74) is 6.21. The van der Waals surface area contributed by atoms with Gasteiger partial charge >= 0.3 is 0 Å². The highest BCUT2D eigenvalue weighted by Crippen LogP contribution is 2.21. The molecule has 0 saturated carbocycles. The molecule has 0 amide bonds. The van der Waals surface area contributed by atoms with Crippen LogP contribution in [-0.4, -0.2) is 24.3 Å². The number of hydrogen-bond acceptors (Lipinski definition) is 3. The molecule has 0 spiro atoms. The van der Waals surface area contributed by atoms with E-state index in [9.17, 15) is 4.39 Å². The highest BCUT2D eigenvalue weighted by atomic mass is 79.9. The number of aliphatic hydroxyl groups is 1.